The second-order valence-corrected chi connectivity index (χ2v) is 6.75. The van der Waals surface area contributed by atoms with Crippen LogP contribution in [0.25, 0.3) is 0 Å². The third-order valence-corrected chi connectivity index (χ3v) is 4.61. The number of rotatable bonds is 7. The normalized spacial score (nSPS) is 12.9. The molecule has 0 spiro atoms. The number of nitrogens with zero attached hydrogens (tertiary/aromatic N) is 2. The summed E-state index contributed by atoms with van der Waals surface area (Å²) >= 11 is 0. The second-order valence-electron chi connectivity index (χ2n) is 6.75. The summed E-state index contributed by atoms with van der Waals surface area (Å²) in [6.07, 6.45) is 0.708. The fraction of sp³-hybridized carbons (Fsp3) is 0.286. The van der Waals surface area contributed by atoms with Gasteiger partial charge in [-0.2, -0.15) is 0 Å². The third-order valence-electron chi connectivity index (χ3n) is 4.61. The van der Waals surface area contributed by atoms with Gasteiger partial charge in [-0.05, 0) is 36.2 Å². The molecule has 0 bridgehead atoms. The van der Waals surface area contributed by atoms with Crippen molar-refractivity contribution in [1.82, 2.24) is 10.2 Å². The number of imide groups is 1. The van der Waals surface area contributed by atoms with Crippen LogP contribution in [0.15, 0.2) is 48.5 Å². The topological polar surface area (TPSA) is 69.7 Å². The number of fused-ring (bicyclic) bond motifs is 1. The van der Waals surface area contributed by atoms with Crippen LogP contribution in [-0.2, 0) is 11.3 Å². The Kier molecular flexibility index (Phi) is 5.54. The van der Waals surface area contributed by atoms with Gasteiger partial charge in [0, 0.05) is 39.3 Å². The van der Waals surface area contributed by atoms with E-state index in [0.717, 1.165) is 11.3 Å². The summed E-state index contributed by atoms with van der Waals surface area (Å²) in [6.45, 7) is 0.705. The summed E-state index contributed by atoms with van der Waals surface area (Å²) in [4.78, 5) is 39.8. The summed E-state index contributed by atoms with van der Waals surface area (Å²) in [6, 6.07) is 14.8. The van der Waals surface area contributed by atoms with Gasteiger partial charge in [-0.25, -0.2) is 0 Å². The Morgan fingerprint density at radius 2 is 1.56 bits per heavy atom. The molecule has 0 atom stereocenters. The lowest BCUT2D eigenvalue weighted by molar-refractivity contribution is -0.121. The van der Waals surface area contributed by atoms with Gasteiger partial charge >= 0.3 is 0 Å². The first kappa shape index (κ1) is 18.6. The zero-order valence-corrected chi connectivity index (χ0v) is 15.6. The molecule has 2 aromatic carbocycles. The molecule has 0 unspecified atom stereocenters. The summed E-state index contributed by atoms with van der Waals surface area (Å²) in [5.41, 5.74) is 3.00. The smallest absolute Gasteiger partial charge is 0.261 e. The quantitative estimate of drug-likeness (QED) is 0.765. The minimum absolute atomic E-state index is 0.0942. The van der Waals surface area contributed by atoms with Crippen molar-refractivity contribution >= 4 is 23.4 Å². The van der Waals surface area contributed by atoms with E-state index >= 15 is 0 Å². The average molecular weight is 365 g/mol. The average Bonchev–Trinajstić information content (AvgIpc) is 2.92. The summed E-state index contributed by atoms with van der Waals surface area (Å²) < 4.78 is 0. The zero-order valence-electron chi connectivity index (χ0n) is 15.6. The molecule has 0 fully saturated rings. The number of anilines is 1. The van der Waals surface area contributed by atoms with Crippen LogP contribution >= 0.6 is 0 Å². The molecule has 27 heavy (non-hydrogen) atoms. The van der Waals surface area contributed by atoms with E-state index in [0.29, 0.717) is 24.1 Å². The lowest BCUT2D eigenvalue weighted by Crippen LogP contribution is -2.32. The van der Waals surface area contributed by atoms with Gasteiger partial charge in [0.15, 0.2) is 0 Å². The van der Waals surface area contributed by atoms with E-state index in [4.69, 9.17) is 0 Å². The van der Waals surface area contributed by atoms with Crippen molar-refractivity contribution in [3.63, 3.8) is 0 Å². The Morgan fingerprint density at radius 3 is 2.11 bits per heavy atom. The van der Waals surface area contributed by atoms with Crippen molar-refractivity contribution in [2.24, 2.45) is 0 Å². The summed E-state index contributed by atoms with van der Waals surface area (Å²) in [5, 5.41) is 2.87. The number of nitrogens with one attached hydrogen (secondary N) is 1. The molecule has 0 aliphatic carbocycles. The number of amides is 3. The van der Waals surface area contributed by atoms with Crippen LogP contribution in [0.3, 0.4) is 0 Å². The van der Waals surface area contributed by atoms with Crippen LogP contribution in [0.1, 0.15) is 39.1 Å². The lowest BCUT2D eigenvalue weighted by atomic mass is 10.1. The molecule has 0 aromatic heterocycles. The Balaban J connectivity index is 1.44. The van der Waals surface area contributed by atoms with Crippen LogP contribution in [0.2, 0.25) is 0 Å². The number of hydrogen-bond acceptors (Lipinski definition) is 4. The SMILES string of the molecule is CN(C)c1ccc(CNC(=O)CCCN2C(=O)c3ccccc3C2=O)cc1. The molecular weight excluding hydrogens is 342 g/mol. The van der Waals surface area contributed by atoms with Crippen molar-refractivity contribution in [2.45, 2.75) is 19.4 Å². The van der Waals surface area contributed by atoms with Gasteiger partial charge in [0.2, 0.25) is 5.91 Å². The Bertz CT molecular complexity index is 824. The molecular formula is C21H23N3O3. The Hall–Kier alpha value is -3.15. The standard InChI is InChI=1S/C21H23N3O3/c1-23(2)16-11-9-15(10-12-16)14-22-19(25)8-5-13-24-20(26)17-6-3-4-7-18(17)21(24)27/h3-4,6-7,9-12H,5,8,13-14H2,1-2H3,(H,22,25). The van der Waals surface area contributed by atoms with E-state index in [-0.39, 0.29) is 30.7 Å². The molecule has 0 saturated heterocycles. The van der Waals surface area contributed by atoms with Crippen molar-refractivity contribution in [3.05, 3.63) is 65.2 Å². The van der Waals surface area contributed by atoms with E-state index in [9.17, 15) is 14.4 Å². The molecule has 0 saturated carbocycles. The van der Waals surface area contributed by atoms with Crippen LogP contribution in [0, 0.1) is 0 Å². The van der Waals surface area contributed by atoms with Gasteiger partial charge in [-0.15, -0.1) is 0 Å². The van der Waals surface area contributed by atoms with Crippen LogP contribution in [0.4, 0.5) is 5.69 Å². The fourth-order valence-corrected chi connectivity index (χ4v) is 3.04. The van der Waals surface area contributed by atoms with Gasteiger partial charge < -0.3 is 10.2 Å². The monoisotopic (exact) mass is 365 g/mol. The molecule has 1 aliphatic rings. The van der Waals surface area contributed by atoms with Crippen molar-refractivity contribution in [2.75, 3.05) is 25.5 Å². The molecule has 3 rings (SSSR count). The molecule has 0 radical (unpaired) electrons. The number of benzene rings is 2. The summed E-state index contributed by atoms with van der Waals surface area (Å²) in [5.74, 6) is -0.655. The van der Waals surface area contributed by atoms with E-state index in [1.165, 1.54) is 4.90 Å². The Labute approximate surface area is 158 Å². The van der Waals surface area contributed by atoms with Gasteiger partial charge in [-0.1, -0.05) is 24.3 Å². The maximum Gasteiger partial charge on any atom is 0.261 e. The maximum absolute atomic E-state index is 12.3. The van der Waals surface area contributed by atoms with Crippen LogP contribution in [-0.4, -0.2) is 43.3 Å². The highest BCUT2D eigenvalue weighted by atomic mass is 16.2. The van der Waals surface area contributed by atoms with E-state index < -0.39 is 0 Å². The number of hydrogen-bond donors (Lipinski definition) is 1. The first-order valence-electron chi connectivity index (χ1n) is 8.95. The molecule has 140 valence electrons. The van der Waals surface area contributed by atoms with Gasteiger partial charge in [0.25, 0.3) is 11.8 Å². The maximum atomic E-state index is 12.3. The van der Waals surface area contributed by atoms with Crippen molar-refractivity contribution in [3.8, 4) is 0 Å². The lowest BCUT2D eigenvalue weighted by Gasteiger charge is -2.14. The minimum atomic E-state index is -0.281. The van der Waals surface area contributed by atoms with Crippen molar-refractivity contribution in [1.29, 1.82) is 0 Å². The summed E-state index contributed by atoms with van der Waals surface area (Å²) in [7, 11) is 3.95. The highest BCUT2D eigenvalue weighted by Gasteiger charge is 2.34. The van der Waals surface area contributed by atoms with E-state index in [2.05, 4.69) is 5.32 Å². The predicted octanol–water partition coefficient (Wildman–Crippen LogP) is 2.45. The molecule has 2 aromatic rings. The highest BCUT2D eigenvalue weighted by Crippen LogP contribution is 2.22. The largest absolute Gasteiger partial charge is 0.378 e. The second kappa shape index (κ2) is 8.03. The zero-order chi connectivity index (χ0) is 19.4. The van der Waals surface area contributed by atoms with Crippen LogP contribution in [0.5, 0.6) is 0 Å². The van der Waals surface area contributed by atoms with E-state index in [1.807, 2.05) is 43.3 Å². The molecule has 3 amide bonds. The molecule has 6 heteroatoms. The highest BCUT2D eigenvalue weighted by molar-refractivity contribution is 6.21. The van der Waals surface area contributed by atoms with E-state index in [1.54, 1.807) is 24.3 Å². The van der Waals surface area contributed by atoms with Gasteiger partial charge in [0.1, 0.15) is 0 Å². The molecule has 6 nitrogen and oxygen atoms in total. The molecule has 1 aliphatic heterocycles. The number of carbonyl (C=O) groups excluding carboxylic acids is 3. The number of carbonyl (C=O) groups is 3. The van der Waals surface area contributed by atoms with Crippen LogP contribution < -0.4 is 10.2 Å². The molecule has 1 N–H and O–H groups in total. The first-order chi connectivity index (χ1) is 13.0. The fourth-order valence-electron chi connectivity index (χ4n) is 3.04. The third kappa shape index (κ3) is 4.16. The minimum Gasteiger partial charge on any atom is -0.378 e. The first-order valence-corrected chi connectivity index (χ1v) is 8.95. The van der Waals surface area contributed by atoms with Crippen molar-refractivity contribution < 1.29 is 14.4 Å². The van der Waals surface area contributed by atoms with Gasteiger partial charge in [0.05, 0.1) is 11.1 Å². The Morgan fingerprint density at radius 1 is 0.963 bits per heavy atom. The van der Waals surface area contributed by atoms with Gasteiger partial charge in [-0.3, -0.25) is 19.3 Å². The predicted molar refractivity (Wildman–Crippen MR) is 104 cm³/mol. The molecule has 1 heterocycles.